The van der Waals surface area contributed by atoms with Gasteiger partial charge in [0.25, 0.3) is 5.91 Å². The van der Waals surface area contributed by atoms with Gasteiger partial charge in [0.05, 0.1) is 13.1 Å². The fourth-order valence-corrected chi connectivity index (χ4v) is 3.17. The smallest absolute Gasteiger partial charge is 0.253 e. The summed E-state index contributed by atoms with van der Waals surface area (Å²) >= 11 is 0. The summed E-state index contributed by atoms with van der Waals surface area (Å²) in [4.78, 5) is 40.7. The number of nitrogens with zero attached hydrogens (tertiary/aromatic N) is 2. The summed E-state index contributed by atoms with van der Waals surface area (Å²) in [6.07, 6.45) is 0. The molecule has 0 saturated heterocycles. The van der Waals surface area contributed by atoms with Gasteiger partial charge in [0.15, 0.2) is 0 Å². The zero-order valence-corrected chi connectivity index (χ0v) is 18.9. The Morgan fingerprint density at radius 2 is 1.53 bits per heavy atom. The Bertz CT molecular complexity index is 914. The predicted octanol–water partition coefficient (Wildman–Crippen LogP) is 2.88. The van der Waals surface area contributed by atoms with E-state index >= 15 is 0 Å². The van der Waals surface area contributed by atoms with Gasteiger partial charge >= 0.3 is 0 Å². The molecule has 2 rings (SSSR count). The van der Waals surface area contributed by atoms with Crippen molar-refractivity contribution in [2.24, 2.45) is 0 Å². The molecule has 7 nitrogen and oxygen atoms in total. The second-order valence-electron chi connectivity index (χ2n) is 7.31. The highest BCUT2D eigenvalue weighted by Crippen LogP contribution is 2.13. The molecule has 2 aromatic carbocycles. The number of benzene rings is 2. The van der Waals surface area contributed by atoms with E-state index in [1.54, 1.807) is 46.2 Å². The molecule has 0 atom stereocenters. The average Bonchev–Trinajstić information content (AvgIpc) is 2.79. The van der Waals surface area contributed by atoms with Crippen molar-refractivity contribution < 1.29 is 18.8 Å². The van der Waals surface area contributed by atoms with Crippen molar-refractivity contribution >= 4 is 23.4 Å². The number of anilines is 1. The summed E-state index contributed by atoms with van der Waals surface area (Å²) in [7, 11) is 0. The molecule has 0 heterocycles. The van der Waals surface area contributed by atoms with Gasteiger partial charge in [0, 0.05) is 30.9 Å². The summed E-state index contributed by atoms with van der Waals surface area (Å²) in [5.41, 5.74) is 1.84. The summed E-state index contributed by atoms with van der Waals surface area (Å²) < 4.78 is 13.0. The largest absolute Gasteiger partial charge is 0.351 e. The van der Waals surface area contributed by atoms with Gasteiger partial charge in [-0.3, -0.25) is 19.3 Å². The Balaban J connectivity index is 1.87. The average molecular weight is 443 g/mol. The van der Waals surface area contributed by atoms with E-state index in [2.05, 4.69) is 10.6 Å². The Labute approximate surface area is 188 Å². The van der Waals surface area contributed by atoms with Crippen LogP contribution >= 0.6 is 0 Å². The number of rotatable bonds is 11. The van der Waals surface area contributed by atoms with Crippen LogP contribution in [-0.4, -0.2) is 60.2 Å². The van der Waals surface area contributed by atoms with Crippen LogP contribution in [0.15, 0.2) is 48.5 Å². The van der Waals surface area contributed by atoms with E-state index in [0.717, 1.165) is 5.56 Å². The molecule has 172 valence electrons. The minimum absolute atomic E-state index is 0.0364. The molecule has 3 amide bonds. The van der Waals surface area contributed by atoms with Crippen LogP contribution in [0.2, 0.25) is 0 Å². The normalized spacial score (nSPS) is 10.7. The zero-order valence-electron chi connectivity index (χ0n) is 18.9. The predicted molar refractivity (Wildman–Crippen MR) is 123 cm³/mol. The first-order chi connectivity index (χ1) is 15.4. The lowest BCUT2D eigenvalue weighted by atomic mass is 10.1. The fourth-order valence-electron chi connectivity index (χ4n) is 3.17. The van der Waals surface area contributed by atoms with Gasteiger partial charge in [0.2, 0.25) is 11.8 Å². The van der Waals surface area contributed by atoms with E-state index in [9.17, 15) is 18.8 Å². The van der Waals surface area contributed by atoms with Crippen LogP contribution in [0.25, 0.3) is 0 Å². The molecule has 0 bridgehead atoms. The van der Waals surface area contributed by atoms with Crippen LogP contribution in [0.3, 0.4) is 0 Å². The number of halogens is 1. The zero-order chi connectivity index (χ0) is 23.5. The van der Waals surface area contributed by atoms with Crippen molar-refractivity contribution in [1.29, 1.82) is 0 Å². The molecule has 32 heavy (non-hydrogen) atoms. The van der Waals surface area contributed by atoms with E-state index in [1.807, 2.05) is 20.8 Å². The van der Waals surface area contributed by atoms with Gasteiger partial charge in [-0.1, -0.05) is 25.1 Å². The molecule has 2 N–H and O–H groups in total. The molecule has 0 aliphatic heterocycles. The van der Waals surface area contributed by atoms with E-state index in [1.165, 1.54) is 12.1 Å². The molecule has 0 aliphatic carbocycles. The molecular weight excluding hydrogens is 411 g/mol. The van der Waals surface area contributed by atoms with Crippen LogP contribution in [0, 0.1) is 5.82 Å². The number of likely N-dealkylation sites (N-methyl/N-ethyl adjacent to an activating group) is 1. The molecular formula is C24H31FN4O3. The number of carbonyl (C=O) groups excluding carboxylic acids is 3. The first kappa shape index (κ1) is 25.0. The molecule has 0 radical (unpaired) electrons. The third-order valence-corrected chi connectivity index (χ3v) is 5.03. The Morgan fingerprint density at radius 1 is 0.875 bits per heavy atom. The third kappa shape index (κ3) is 7.77. The lowest BCUT2D eigenvalue weighted by Crippen LogP contribution is -2.40. The maximum Gasteiger partial charge on any atom is 0.253 e. The number of amides is 3. The summed E-state index contributed by atoms with van der Waals surface area (Å²) in [5, 5.41) is 5.57. The molecule has 0 aliphatic rings. The Morgan fingerprint density at radius 3 is 2.16 bits per heavy atom. The first-order valence-corrected chi connectivity index (χ1v) is 10.8. The van der Waals surface area contributed by atoms with Gasteiger partial charge in [-0.15, -0.1) is 0 Å². The number of hydrogen-bond acceptors (Lipinski definition) is 4. The topological polar surface area (TPSA) is 81.8 Å². The molecule has 0 fully saturated rings. The second kappa shape index (κ2) is 12.6. The van der Waals surface area contributed by atoms with Gasteiger partial charge in [0.1, 0.15) is 5.82 Å². The van der Waals surface area contributed by atoms with Gasteiger partial charge in [-0.2, -0.15) is 0 Å². The van der Waals surface area contributed by atoms with Crippen molar-refractivity contribution in [3.63, 3.8) is 0 Å². The van der Waals surface area contributed by atoms with Gasteiger partial charge in [-0.25, -0.2) is 4.39 Å². The Hall–Kier alpha value is -3.26. The van der Waals surface area contributed by atoms with Crippen LogP contribution in [0.4, 0.5) is 10.1 Å². The number of hydrogen-bond donors (Lipinski definition) is 2. The van der Waals surface area contributed by atoms with Gasteiger partial charge < -0.3 is 15.5 Å². The van der Waals surface area contributed by atoms with E-state index in [0.29, 0.717) is 30.9 Å². The van der Waals surface area contributed by atoms with E-state index in [-0.39, 0.29) is 43.2 Å². The van der Waals surface area contributed by atoms with Crippen molar-refractivity contribution in [3.8, 4) is 0 Å². The summed E-state index contributed by atoms with van der Waals surface area (Å²) in [6.45, 7) is 7.82. The second-order valence-corrected chi connectivity index (χ2v) is 7.31. The summed E-state index contributed by atoms with van der Waals surface area (Å²) in [5.74, 6) is -0.910. The van der Waals surface area contributed by atoms with Crippen molar-refractivity contribution in [1.82, 2.24) is 15.1 Å². The van der Waals surface area contributed by atoms with Crippen molar-refractivity contribution in [3.05, 3.63) is 65.5 Å². The van der Waals surface area contributed by atoms with E-state index in [4.69, 9.17) is 0 Å². The quantitative estimate of drug-likeness (QED) is 0.561. The van der Waals surface area contributed by atoms with Crippen LogP contribution < -0.4 is 10.6 Å². The lowest BCUT2D eigenvalue weighted by Gasteiger charge is -2.20. The highest BCUT2D eigenvalue weighted by Gasteiger charge is 2.15. The van der Waals surface area contributed by atoms with Crippen LogP contribution in [0.5, 0.6) is 0 Å². The lowest BCUT2D eigenvalue weighted by molar-refractivity contribution is -0.123. The number of nitrogens with one attached hydrogen (secondary N) is 2. The highest BCUT2D eigenvalue weighted by atomic mass is 19.1. The molecule has 0 spiro atoms. The maximum atomic E-state index is 13.0. The maximum absolute atomic E-state index is 13.0. The fraction of sp³-hybridized carbons (Fsp3) is 0.375. The van der Waals surface area contributed by atoms with Gasteiger partial charge in [-0.05, 0) is 56.3 Å². The molecule has 0 saturated carbocycles. The molecule has 2 aromatic rings. The SMILES string of the molecule is CCN(CC(=O)NCc1ccc(F)cc1)CC(=O)Nc1cccc(C(=O)N(CC)CC)c1. The summed E-state index contributed by atoms with van der Waals surface area (Å²) in [6, 6.07) is 12.7. The molecule has 8 heteroatoms. The molecule has 0 unspecified atom stereocenters. The minimum Gasteiger partial charge on any atom is -0.351 e. The third-order valence-electron chi connectivity index (χ3n) is 5.03. The first-order valence-electron chi connectivity index (χ1n) is 10.8. The van der Waals surface area contributed by atoms with Crippen molar-refractivity contribution in [2.75, 3.05) is 38.0 Å². The monoisotopic (exact) mass is 442 g/mol. The van der Waals surface area contributed by atoms with Crippen LogP contribution in [-0.2, 0) is 16.1 Å². The standard InChI is InChI=1S/C24H31FN4O3/c1-4-28(16-22(30)26-15-18-10-12-20(25)13-11-18)17-23(31)27-21-9-7-8-19(14-21)24(32)29(5-2)6-3/h7-14H,4-6,15-17H2,1-3H3,(H,26,30)(H,27,31). The Kier molecular flexibility index (Phi) is 9.81. The van der Waals surface area contributed by atoms with E-state index < -0.39 is 0 Å². The number of carbonyl (C=O) groups is 3. The van der Waals surface area contributed by atoms with Crippen LogP contribution in [0.1, 0.15) is 36.7 Å². The highest BCUT2D eigenvalue weighted by molar-refractivity contribution is 5.97. The minimum atomic E-state index is -0.328. The molecule has 0 aromatic heterocycles. The van der Waals surface area contributed by atoms with Crippen molar-refractivity contribution in [2.45, 2.75) is 27.3 Å².